The second-order valence-electron chi connectivity index (χ2n) is 32.0. The summed E-state index contributed by atoms with van der Waals surface area (Å²) in [4.78, 5) is 73.5. The molecule has 2 fully saturated rings. The van der Waals surface area contributed by atoms with Gasteiger partial charge < -0.3 is 78.6 Å². The normalized spacial score (nSPS) is 28.0. The summed E-state index contributed by atoms with van der Waals surface area (Å²) in [5.74, 6) is 2.45. The number of carbonyl (C=O) groups is 4. The summed E-state index contributed by atoms with van der Waals surface area (Å²) in [6.45, 7) is 17.0. The van der Waals surface area contributed by atoms with Crippen molar-refractivity contribution in [3.8, 4) is 52.1 Å². The van der Waals surface area contributed by atoms with Gasteiger partial charge in [0, 0.05) is 131 Å². The molecule has 6 aromatic carbocycles. The van der Waals surface area contributed by atoms with Crippen LogP contribution in [-0.2, 0) is 87.8 Å². The number of aromatic nitrogens is 2. The Morgan fingerprint density at radius 2 is 1.03 bits per heavy atom. The molecule has 10 aliphatic heterocycles. The summed E-state index contributed by atoms with van der Waals surface area (Å²) in [7, 11) is 7.13. The number of aromatic hydroxyl groups is 2. The van der Waals surface area contributed by atoms with E-state index >= 15 is 0 Å². The summed E-state index contributed by atoms with van der Waals surface area (Å²) >= 11 is 3.37. The van der Waals surface area contributed by atoms with E-state index in [0.29, 0.717) is 84.6 Å². The summed E-state index contributed by atoms with van der Waals surface area (Å²) in [6.07, 6.45) is 0.673. The molecule has 10 N–H and O–H groups in total. The monoisotopic (exact) mass is 1720 g/mol. The number of benzene rings is 6. The number of nitrogens with zero attached hydrogens (tertiary/aromatic N) is 6. The average molecular weight is 1720 g/mol. The van der Waals surface area contributed by atoms with E-state index < -0.39 is 88.7 Å². The Morgan fingerprint density at radius 1 is 0.629 bits per heavy atom. The van der Waals surface area contributed by atoms with Crippen LogP contribution in [0.25, 0.3) is 21.8 Å². The fraction of sp³-hybridized carbons (Fsp3) is 0.458. The number of carboxylic acids is 2. The molecule has 10 aliphatic rings. The number of ether oxygens (including phenoxy) is 8. The van der Waals surface area contributed by atoms with Gasteiger partial charge in [-0.15, -0.1) is 33.6 Å². The largest absolute Gasteiger partial charge is 0.504 e. The minimum absolute atomic E-state index is 0. The third-order valence-electron chi connectivity index (χ3n) is 26.1. The van der Waals surface area contributed by atoms with Crippen LogP contribution in [-0.4, -0.2) is 205 Å². The molecule has 30 nitrogen and oxygen atoms in total. The average Bonchev–Trinajstić information content (AvgIpc) is 0.820. The van der Waals surface area contributed by atoms with Gasteiger partial charge in [-0.3, -0.25) is 49.4 Å². The van der Waals surface area contributed by atoms with E-state index in [1.165, 1.54) is 0 Å². The number of thioether (sulfide) groups is 2. The molecule has 16 atom stereocenters. The van der Waals surface area contributed by atoms with Crippen molar-refractivity contribution in [2.24, 2.45) is 0 Å². The maximum absolute atomic E-state index is 12.7. The number of methoxy groups -OCH3 is 2. The zero-order valence-electron chi connectivity index (χ0n) is 65.8. The van der Waals surface area contributed by atoms with Crippen molar-refractivity contribution in [1.82, 2.24) is 40.2 Å². The number of carboxylic acid groups (broad SMARTS) is 2. The molecule has 8 aromatic rings. The molecule has 12 heterocycles. The Bertz CT molecular complexity index is 5390. The first kappa shape index (κ1) is 81.7. The Kier molecular flexibility index (Phi) is 21.9. The number of aliphatic hydroxyl groups is 1. The molecule has 0 spiro atoms. The van der Waals surface area contributed by atoms with Crippen molar-refractivity contribution in [2.75, 3.05) is 66.6 Å². The number of phenols is 2. The molecule has 2 aromatic heterocycles. The maximum atomic E-state index is 12.7. The number of aryl methyl sites for hydroxylation is 2. The zero-order valence-corrected chi connectivity index (χ0v) is 68.9. The van der Waals surface area contributed by atoms with Crippen LogP contribution in [0.3, 0.4) is 0 Å². The second-order valence-corrected chi connectivity index (χ2v) is 34.2. The van der Waals surface area contributed by atoms with Gasteiger partial charge in [-0.1, -0.05) is 48.5 Å². The van der Waals surface area contributed by atoms with Crippen molar-refractivity contribution >= 4 is 70.2 Å². The van der Waals surface area contributed by atoms with Gasteiger partial charge in [0.25, 0.3) is 18.0 Å². The number of carbonyl (C=O) groups excluding carboxylic acids is 2. The number of piperazine rings is 2. The molecule has 0 amide bonds. The first-order valence-corrected chi connectivity index (χ1v) is 40.2. The molecule has 18 rings (SSSR count). The Hall–Kier alpha value is -9.47. The van der Waals surface area contributed by atoms with Crippen molar-refractivity contribution in [3.63, 3.8) is 0 Å². The van der Waals surface area contributed by atoms with Crippen LogP contribution in [0.1, 0.15) is 149 Å². The van der Waals surface area contributed by atoms with Crippen molar-refractivity contribution in [1.29, 1.82) is 5.26 Å². The number of aliphatic carboxylic acids is 2. The number of aliphatic hydroxyl groups excluding tert-OH is 1. The number of hydrogen-bond donors (Lipinski definition) is 10. The molecule has 0 saturated carbocycles. The zero-order chi connectivity index (χ0) is 81.6. The van der Waals surface area contributed by atoms with Gasteiger partial charge in [0.1, 0.15) is 37.6 Å². The number of likely N-dealkylation sites (N-methyl/N-ethyl adjacent to an activating group) is 2. The number of fused-ring (bicyclic) bond motifs is 24. The van der Waals surface area contributed by atoms with E-state index in [4.69, 9.17) is 53.2 Å². The SMILES string of the molecule is COc1c(C)cc2c(c1O)[C@@H]1[C@@H]3[C@H](SC[C@@]4(C)N[C@H](C(=O)O)Cc5c4[nH]c4ccccc54)c4c(C)c(C)c5c(c4[C@H](COC=O)N3[C@@H](C#N)[C@H](C2)N1C)OCO5.COc1c(C)cc2c(c1O)[C@@H]1[C@@H]3[C@H](SC[C@@]4(C)N[C@H](C(=O)O)Cc5c4[nH]c4ccccc54)c4c(C)c(C)c5c(c4[C@H](COC=O)N3[C@@H](O)[C@H](C2)N1C)OCO5.O=[N+]([O-])O.[Ag]. The topological polar surface area (TPSA) is 399 Å². The number of aromatic amines is 2. The van der Waals surface area contributed by atoms with Gasteiger partial charge in [0.2, 0.25) is 13.6 Å². The van der Waals surface area contributed by atoms with Gasteiger partial charge in [-0.2, -0.15) is 5.26 Å². The fourth-order valence-corrected chi connectivity index (χ4v) is 24.5. The number of para-hydroxylation sites is 2. The van der Waals surface area contributed by atoms with Crippen LogP contribution in [0.4, 0.5) is 0 Å². The minimum Gasteiger partial charge on any atom is -0.504 e. The van der Waals surface area contributed by atoms with Gasteiger partial charge >= 0.3 is 11.9 Å². The van der Waals surface area contributed by atoms with Gasteiger partial charge in [0.15, 0.2) is 46.0 Å². The molecular weight excluding hydrogens is 1630 g/mol. The Balaban J connectivity index is 0.000000173. The number of nitrogens with one attached hydrogen (secondary N) is 4. The second kappa shape index (κ2) is 31.1. The minimum atomic E-state index is -1.50. The maximum Gasteiger partial charge on any atom is 0.321 e. The molecule has 0 unspecified atom stereocenters. The number of phenolic OH excluding ortho intramolecular Hbond substituents is 2. The van der Waals surface area contributed by atoms with E-state index in [0.717, 1.165) is 122 Å². The van der Waals surface area contributed by atoms with Gasteiger partial charge in [-0.05, 0) is 161 Å². The van der Waals surface area contributed by atoms with Gasteiger partial charge in [-0.25, -0.2) is 0 Å². The van der Waals surface area contributed by atoms with E-state index in [-0.39, 0.29) is 83.3 Å². The molecular formula is C83H92AgN10O20S2. The molecule has 116 heavy (non-hydrogen) atoms. The van der Waals surface area contributed by atoms with Crippen molar-refractivity contribution < 1.29 is 115 Å². The fourth-order valence-electron chi connectivity index (χ4n) is 21.1. The summed E-state index contributed by atoms with van der Waals surface area (Å²) in [6, 6.07) is 17.0. The van der Waals surface area contributed by atoms with Crippen LogP contribution in [0.15, 0.2) is 60.7 Å². The van der Waals surface area contributed by atoms with Crippen molar-refractivity contribution in [2.45, 2.75) is 175 Å². The quantitative estimate of drug-likeness (QED) is 0.0186. The molecule has 2 saturated heterocycles. The molecule has 33 heteroatoms. The number of hydrogen-bond acceptors (Lipinski definition) is 26. The van der Waals surface area contributed by atoms with Crippen LogP contribution in [0, 0.1) is 63.0 Å². The van der Waals surface area contributed by atoms with E-state index in [1.807, 2.05) is 90.3 Å². The smallest absolute Gasteiger partial charge is 0.321 e. The molecule has 617 valence electrons. The molecule has 1 radical (unpaired) electrons. The summed E-state index contributed by atoms with van der Waals surface area (Å²) in [5, 5.41) is 90.6. The van der Waals surface area contributed by atoms with Gasteiger partial charge in [0.05, 0.1) is 61.6 Å². The molecule has 4 bridgehead atoms. The third-order valence-corrected chi connectivity index (χ3v) is 29.3. The van der Waals surface area contributed by atoms with Crippen molar-refractivity contribution in [3.05, 3.63) is 171 Å². The van der Waals surface area contributed by atoms with E-state index in [9.17, 15) is 50.0 Å². The number of rotatable bonds is 16. The Morgan fingerprint density at radius 3 is 1.44 bits per heavy atom. The van der Waals surface area contributed by atoms with Crippen LogP contribution < -0.4 is 39.1 Å². The summed E-state index contributed by atoms with van der Waals surface area (Å²) in [5.41, 5.74) is 16.6. The predicted molar refractivity (Wildman–Crippen MR) is 422 cm³/mol. The van der Waals surface area contributed by atoms with Crippen LogP contribution in [0.5, 0.6) is 46.0 Å². The summed E-state index contributed by atoms with van der Waals surface area (Å²) < 4.78 is 47.3. The standard InChI is InChI=1S/C42H45N5O8S.C41H46N4O9S.Ag.HNO3/c1-19-11-22-12-27-28(14-43)47-29(15-53-17-48)32-30(20(2)21(3)37-38(32)55-18-54-37)39(34(47)33(46(27)5)31(22)35(49)36(19)52-6)56-16-42(4)40-24(13-26(45-42)41(50)51)23-9-7-8-10-25(23)44-40;1-18-11-21-12-26-39(48)45-27(14-52-16-46)30-28(19(2)20(3)35-36(30)54-17-53-35)37(32(45)31(44(26)5)29(21)33(47)34(18)51-6)55-15-41(4)38-23(13-25(43-41)40(49)50)22-9-7-8-10-24(22)42-38;;2-1(3)4/h7-11,17,26-29,33-34,39,44-45,49H,12-13,15-16,18H2,1-6H3,(H,50,51);7-11,16,25-27,31-32,37,39,42-43,47-48H,12-15,17H2,1-6H3,(H,49,50);;(H,2,3,4)/t26-,27-,28-,29-,33+,34+,39+,42+;25-,26-,27-,31+,32+,37+,39-,41+;;/m00../s1. The first-order valence-electron chi connectivity index (χ1n) is 38.1. The van der Waals surface area contributed by atoms with Crippen LogP contribution in [0.2, 0.25) is 0 Å². The predicted octanol–water partition coefficient (Wildman–Crippen LogP) is 9.53. The number of nitriles is 1. The first-order chi connectivity index (χ1) is 55.1. The van der Waals surface area contributed by atoms with Crippen LogP contribution >= 0.6 is 23.5 Å². The molecule has 0 aliphatic carbocycles. The number of H-pyrrole nitrogens is 2. The Labute approximate surface area is 691 Å². The van der Waals surface area contributed by atoms with E-state index in [1.54, 1.807) is 37.7 Å². The third kappa shape index (κ3) is 12.7. The van der Waals surface area contributed by atoms with E-state index in [2.05, 4.69) is 86.1 Å².